The molecule has 1 aromatic carbocycles. The molecule has 3 rings (SSSR count). The van der Waals surface area contributed by atoms with Gasteiger partial charge < -0.3 is 15.3 Å². The molecule has 0 aliphatic carbocycles. The molecule has 2 atom stereocenters. The fourth-order valence-corrected chi connectivity index (χ4v) is 3.72. The van der Waals surface area contributed by atoms with Crippen LogP contribution in [-0.4, -0.2) is 53.1 Å². The van der Waals surface area contributed by atoms with Crippen molar-refractivity contribution in [3.8, 4) is 0 Å². The lowest BCUT2D eigenvalue weighted by Gasteiger charge is -2.38. The van der Waals surface area contributed by atoms with Gasteiger partial charge in [0.15, 0.2) is 0 Å². The number of rotatable bonds is 6. The van der Waals surface area contributed by atoms with Crippen molar-refractivity contribution in [3.05, 3.63) is 42.0 Å². The summed E-state index contributed by atoms with van der Waals surface area (Å²) in [5.74, 6) is -0.0961. The van der Waals surface area contributed by atoms with E-state index in [0.717, 1.165) is 22.6 Å². The van der Waals surface area contributed by atoms with Gasteiger partial charge in [0.1, 0.15) is 6.04 Å². The van der Waals surface area contributed by atoms with E-state index in [4.69, 9.17) is 5.11 Å². The first-order chi connectivity index (χ1) is 13.4. The minimum absolute atomic E-state index is 0.108. The molecule has 0 saturated carbocycles. The molecular weight excluding hydrogens is 358 g/mol. The normalized spacial score (nSPS) is 19.5. The zero-order valence-corrected chi connectivity index (χ0v) is 16.3. The van der Waals surface area contributed by atoms with Crippen molar-refractivity contribution >= 4 is 23.6 Å². The van der Waals surface area contributed by atoms with Crippen molar-refractivity contribution in [2.75, 3.05) is 18.0 Å². The summed E-state index contributed by atoms with van der Waals surface area (Å²) in [5.41, 5.74) is 2.10. The predicted octanol–water partition coefficient (Wildman–Crippen LogP) is 2.42. The average Bonchev–Trinajstić information content (AvgIpc) is 3.01. The summed E-state index contributed by atoms with van der Waals surface area (Å²) in [6, 6.07) is 6.91. The van der Waals surface area contributed by atoms with Crippen LogP contribution in [0.3, 0.4) is 0 Å². The van der Waals surface area contributed by atoms with Crippen LogP contribution in [0.1, 0.15) is 32.3 Å². The molecule has 7 nitrogen and oxygen atoms in total. The summed E-state index contributed by atoms with van der Waals surface area (Å²) in [4.78, 5) is 39.1. The van der Waals surface area contributed by atoms with Crippen LogP contribution in [0.5, 0.6) is 0 Å². The highest BCUT2D eigenvalue weighted by Crippen LogP contribution is 2.27. The summed E-state index contributed by atoms with van der Waals surface area (Å²) in [6.07, 6.45) is 4.21. The van der Waals surface area contributed by atoms with Crippen LogP contribution >= 0.6 is 0 Å². The van der Waals surface area contributed by atoms with Crippen LogP contribution in [0, 0.1) is 5.92 Å². The molecule has 1 aromatic rings. The highest BCUT2D eigenvalue weighted by Gasteiger charge is 2.38. The molecule has 1 fully saturated rings. The zero-order valence-electron chi connectivity index (χ0n) is 16.3. The second-order valence-corrected chi connectivity index (χ2v) is 7.75. The van der Waals surface area contributed by atoms with E-state index in [1.54, 1.807) is 11.0 Å². The number of likely N-dealkylation sites (tertiary alicyclic amines) is 1. The number of hydrogen-bond donors (Lipinski definition) is 2. The number of hydrogen-bond acceptors (Lipinski definition) is 3. The predicted molar refractivity (Wildman–Crippen MR) is 106 cm³/mol. The molecular formula is C21H27N3O4. The molecule has 2 heterocycles. The third-order valence-corrected chi connectivity index (χ3v) is 5.25. The Kier molecular flexibility index (Phi) is 6.02. The van der Waals surface area contributed by atoms with Gasteiger partial charge in [0.25, 0.3) is 5.91 Å². The molecule has 3 amide bonds. The first-order valence-electron chi connectivity index (χ1n) is 9.74. The molecule has 0 spiro atoms. The number of nitrogens with one attached hydrogen (secondary N) is 1. The van der Waals surface area contributed by atoms with Gasteiger partial charge in [-0.05, 0) is 36.8 Å². The van der Waals surface area contributed by atoms with E-state index < -0.39 is 12.1 Å². The Balaban J connectivity index is 1.64. The van der Waals surface area contributed by atoms with Crippen molar-refractivity contribution in [2.45, 2.75) is 45.2 Å². The van der Waals surface area contributed by atoms with Crippen LogP contribution in [0.2, 0.25) is 0 Å². The Morgan fingerprint density at radius 3 is 2.64 bits per heavy atom. The van der Waals surface area contributed by atoms with Crippen LogP contribution in [-0.2, 0) is 16.0 Å². The Hall–Kier alpha value is -2.83. The SMILES string of the molecule is CC(C)C[C@@H](/C=C/C(=O)N1CCc2ccccc21)NC(=O)[C@@H]1CCN1C(=O)O. The number of carbonyl (C=O) groups excluding carboxylic acids is 2. The van der Waals surface area contributed by atoms with Gasteiger partial charge in [-0.1, -0.05) is 38.1 Å². The third kappa shape index (κ3) is 4.35. The van der Waals surface area contributed by atoms with Crippen molar-refractivity contribution in [2.24, 2.45) is 5.92 Å². The molecule has 2 aliphatic rings. The summed E-state index contributed by atoms with van der Waals surface area (Å²) < 4.78 is 0. The quantitative estimate of drug-likeness (QED) is 0.736. The third-order valence-electron chi connectivity index (χ3n) is 5.25. The molecule has 2 aliphatic heterocycles. The second-order valence-electron chi connectivity index (χ2n) is 7.75. The number of carboxylic acid groups (broad SMARTS) is 1. The highest BCUT2D eigenvalue weighted by atomic mass is 16.4. The van der Waals surface area contributed by atoms with E-state index in [2.05, 4.69) is 5.32 Å². The van der Waals surface area contributed by atoms with Crippen molar-refractivity contribution in [1.82, 2.24) is 10.2 Å². The Morgan fingerprint density at radius 2 is 2.00 bits per heavy atom. The van der Waals surface area contributed by atoms with Crippen LogP contribution < -0.4 is 10.2 Å². The van der Waals surface area contributed by atoms with Crippen LogP contribution in [0.15, 0.2) is 36.4 Å². The lowest BCUT2D eigenvalue weighted by molar-refractivity contribution is -0.130. The van der Waals surface area contributed by atoms with Gasteiger partial charge in [-0.15, -0.1) is 0 Å². The summed E-state index contributed by atoms with van der Waals surface area (Å²) in [7, 11) is 0. The van der Waals surface area contributed by atoms with E-state index in [1.807, 2.05) is 38.1 Å². The average molecular weight is 385 g/mol. The molecule has 0 unspecified atom stereocenters. The van der Waals surface area contributed by atoms with Crippen molar-refractivity contribution in [3.63, 3.8) is 0 Å². The van der Waals surface area contributed by atoms with Gasteiger partial charge in [0, 0.05) is 30.9 Å². The minimum atomic E-state index is -1.08. The lowest BCUT2D eigenvalue weighted by atomic mass is 10.00. The number of anilines is 1. The second kappa shape index (κ2) is 8.46. The standard InChI is InChI=1S/C21H27N3O4/c1-14(2)13-16(22-20(26)18-10-12-24(18)21(27)28)7-8-19(25)23-11-9-15-5-3-4-6-17(15)23/h3-8,14,16,18H,9-13H2,1-2H3,(H,22,26)(H,27,28)/b8-7+/t16-,18+/m1/s1. The summed E-state index contributed by atoms with van der Waals surface area (Å²) in [6.45, 7) is 5.11. The molecule has 150 valence electrons. The highest BCUT2D eigenvalue weighted by molar-refractivity contribution is 6.03. The Bertz CT molecular complexity index is 790. The largest absolute Gasteiger partial charge is 0.465 e. The van der Waals surface area contributed by atoms with Gasteiger partial charge in [0.05, 0.1) is 0 Å². The van der Waals surface area contributed by atoms with Gasteiger partial charge in [-0.25, -0.2) is 4.79 Å². The zero-order chi connectivity index (χ0) is 20.3. The monoisotopic (exact) mass is 385 g/mol. The van der Waals surface area contributed by atoms with Gasteiger partial charge >= 0.3 is 6.09 Å². The van der Waals surface area contributed by atoms with Crippen molar-refractivity contribution in [1.29, 1.82) is 0 Å². The van der Waals surface area contributed by atoms with Gasteiger partial charge in [-0.3, -0.25) is 14.5 Å². The molecule has 2 N–H and O–H groups in total. The summed E-state index contributed by atoms with van der Waals surface area (Å²) in [5, 5.41) is 12.0. The number of carbonyl (C=O) groups is 3. The summed E-state index contributed by atoms with van der Waals surface area (Å²) >= 11 is 0. The molecule has 28 heavy (non-hydrogen) atoms. The lowest BCUT2D eigenvalue weighted by Crippen LogP contribution is -2.59. The van der Waals surface area contributed by atoms with Gasteiger partial charge in [0.2, 0.25) is 5.91 Å². The Labute approximate surface area is 165 Å². The number of nitrogens with zero attached hydrogens (tertiary/aromatic N) is 2. The van der Waals surface area contributed by atoms with E-state index in [0.29, 0.717) is 31.8 Å². The molecule has 1 saturated heterocycles. The van der Waals surface area contributed by atoms with Gasteiger partial charge in [-0.2, -0.15) is 0 Å². The van der Waals surface area contributed by atoms with Crippen molar-refractivity contribution < 1.29 is 19.5 Å². The minimum Gasteiger partial charge on any atom is -0.465 e. The van der Waals surface area contributed by atoms with E-state index in [9.17, 15) is 14.4 Å². The first-order valence-corrected chi connectivity index (χ1v) is 9.74. The maximum atomic E-state index is 12.7. The van der Waals surface area contributed by atoms with E-state index >= 15 is 0 Å². The van der Waals surface area contributed by atoms with E-state index in [1.165, 1.54) is 6.08 Å². The molecule has 7 heteroatoms. The topological polar surface area (TPSA) is 90.0 Å². The first kappa shape index (κ1) is 19.9. The number of benzene rings is 1. The molecule has 0 radical (unpaired) electrons. The van der Waals surface area contributed by atoms with E-state index in [-0.39, 0.29) is 17.9 Å². The number of fused-ring (bicyclic) bond motifs is 1. The molecule has 0 bridgehead atoms. The number of para-hydroxylation sites is 1. The van der Waals surface area contributed by atoms with Crippen LogP contribution in [0.4, 0.5) is 10.5 Å². The smallest absolute Gasteiger partial charge is 0.407 e. The fraction of sp³-hybridized carbons (Fsp3) is 0.476. The number of amides is 3. The fourth-order valence-electron chi connectivity index (χ4n) is 3.72. The van der Waals surface area contributed by atoms with Crippen LogP contribution in [0.25, 0.3) is 0 Å². The maximum Gasteiger partial charge on any atom is 0.407 e. The molecule has 0 aromatic heterocycles. The Morgan fingerprint density at radius 1 is 1.25 bits per heavy atom. The maximum absolute atomic E-state index is 12.7.